The van der Waals surface area contributed by atoms with Crippen LogP contribution in [0.2, 0.25) is 0 Å². The van der Waals surface area contributed by atoms with Gasteiger partial charge < -0.3 is 10.1 Å². The summed E-state index contributed by atoms with van der Waals surface area (Å²) in [5, 5.41) is 15.1. The lowest BCUT2D eigenvalue weighted by Crippen LogP contribution is -2.32. The minimum absolute atomic E-state index is 0.113. The number of carbonyl (C=O) groups excluding carboxylic acids is 1. The lowest BCUT2D eigenvalue weighted by atomic mass is 9.86. The predicted molar refractivity (Wildman–Crippen MR) is 129 cm³/mol. The van der Waals surface area contributed by atoms with Gasteiger partial charge in [-0.15, -0.1) is 0 Å². The van der Waals surface area contributed by atoms with Crippen LogP contribution in [0.25, 0.3) is 11.3 Å². The Morgan fingerprint density at radius 1 is 0.971 bits per heavy atom. The van der Waals surface area contributed by atoms with Crippen LogP contribution in [-0.2, 0) is 16.0 Å². The number of benzene rings is 2. The number of aromatic nitrogens is 1. The summed E-state index contributed by atoms with van der Waals surface area (Å²) in [6, 6.07) is 24.6. The molecular weight excluding hydrogens is 430 g/mol. The zero-order valence-electron chi connectivity index (χ0n) is 19.0. The molecule has 1 aromatic heterocycles. The lowest BCUT2D eigenvalue weighted by molar-refractivity contribution is -0.431. The Hall–Kier alpha value is -4.26. The number of carbonyl (C=O) groups is 1. The number of rotatable bonds is 7. The van der Waals surface area contributed by atoms with E-state index in [1.807, 2.05) is 66.7 Å². The van der Waals surface area contributed by atoms with E-state index in [9.17, 15) is 14.9 Å². The Balaban J connectivity index is 1.68. The number of ether oxygens (including phenoxy) is 1. The van der Waals surface area contributed by atoms with Gasteiger partial charge in [0.1, 0.15) is 5.92 Å². The van der Waals surface area contributed by atoms with Gasteiger partial charge in [-0.05, 0) is 31.5 Å². The van der Waals surface area contributed by atoms with Crippen LogP contribution in [0.3, 0.4) is 0 Å². The molecule has 2 aromatic carbocycles. The third-order valence-electron chi connectivity index (χ3n) is 5.74. The summed E-state index contributed by atoms with van der Waals surface area (Å²) in [6.07, 6.45) is 0.551. The van der Waals surface area contributed by atoms with E-state index in [0.29, 0.717) is 29.2 Å². The summed E-state index contributed by atoms with van der Waals surface area (Å²) in [5.74, 6) is -1.55. The van der Waals surface area contributed by atoms with Crippen molar-refractivity contribution in [2.45, 2.75) is 26.2 Å². The van der Waals surface area contributed by atoms with Gasteiger partial charge in [0.25, 0.3) is 5.70 Å². The topological polar surface area (TPSA) is 94.4 Å². The average Bonchev–Trinajstić information content (AvgIpc) is 2.84. The molecule has 0 radical (unpaired) electrons. The standard InChI is InChI=1S/C27H25N3O4/c1-18-24(27(31)34-17-16-20-10-5-3-6-11-20)25(26(30(32)33)19(2)28-18)23-15-9-14-22(29-23)21-12-7-4-8-13-21/h3-15,25,28H,16-17H2,1-2H3. The second kappa shape index (κ2) is 10.1. The van der Waals surface area contributed by atoms with E-state index >= 15 is 0 Å². The molecule has 0 saturated carbocycles. The molecular formula is C27H25N3O4. The van der Waals surface area contributed by atoms with Crippen LogP contribution in [0.15, 0.2) is 102 Å². The molecule has 2 heterocycles. The molecule has 172 valence electrons. The van der Waals surface area contributed by atoms with Gasteiger partial charge in [0.05, 0.1) is 34.2 Å². The SMILES string of the molecule is CC1=C(C(=O)OCCc2ccccc2)C(c2cccc(-c3ccccc3)n2)C([N+](=O)[O-])=C(C)N1. The number of esters is 1. The van der Waals surface area contributed by atoms with Gasteiger partial charge in [0.15, 0.2) is 0 Å². The van der Waals surface area contributed by atoms with Crippen molar-refractivity contribution in [1.29, 1.82) is 0 Å². The summed E-state index contributed by atoms with van der Waals surface area (Å²) in [6.45, 7) is 3.52. The van der Waals surface area contributed by atoms with Crippen molar-refractivity contribution in [2.24, 2.45) is 0 Å². The van der Waals surface area contributed by atoms with Crippen molar-refractivity contribution < 1.29 is 14.5 Å². The quantitative estimate of drug-likeness (QED) is 0.306. The van der Waals surface area contributed by atoms with Gasteiger partial charge >= 0.3 is 5.97 Å². The largest absolute Gasteiger partial charge is 0.462 e. The van der Waals surface area contributed by atoms with Crippen molar-refractivity contribution in [3.05, 3.63) is 123 Å². The van der Waals surface area contributed by atoms with Gasteiger partial charge in [-0.2, -0.15) is 0 Å². The second-order valence-electron chi connectivity index (χ2n) is 8.05. The lowest BCUT2D eigenvalue weighted by Gasteiger charge is -2.26. The minimum atomic E-state index is -0.955. The Kier molecular flexibility index (Phi) is 6.82. The molecule has 0 amide bonds. The van der Waals surface area contributed by atoms with Crippen molar-refractivity contribution in [3.63, 3.8) is 0 Å². The molecule has 1 unspecified atom stereocenters. The van der Waals surface area contributed by atoms with Gasteiger partial charge in [-0.25, -0.2) is 4.79 Å². The Morgan fingerprint density at radius 3 is 2.32 bits per heavy atom. The maximum Gasteiger partial charge on any atom is 0.337 e. The van der Waals surface area contributed by atoms with E-state index in [1.54, 1.807) is 26.0 Å². The summed E-state index contributed by atoms with van der Waals surface area (Å²) in [5.41, 5.74) is 3.99. The summed E-state index contributed by atoms with van der Waals surface area (Å²) < 4.78 is 5.58. The summed E-state index contributed by atoms with van der Waals surface area (Å²) in [7, 11) is 0. The number of hydrogen-bond acceptors (Lipinski definition) is 6. The maximum atomic E-state index is 13.2. The average molecular weight is 456 g/mol. The molecule has 7 heteroatoms. The zero-order chi connectivity index (χ0) is 24.1. The van der Waals surface area contributed by atoms with Gasteiger partial charge in [-0.1, -0.05) is 66.7 Å². The van der Waals surface area contributed by atoms with Gasteiger partial charge in [0.2, 0.25) is 0 Å². The first-order chi connectivity index (χ1) is 16.5. The molecule has 0 fully saturated rings. The first-order valence-electron chi connectivity index (χ1n) is 11.0. The van der Waals surface area contributed by atoms with Crippen molar-refractivity contribution in [3.8, 4) is 11.3 Å². The Bertz CT molecular complexity index is 1270. The number of hydrogen-bond donors (Lipinski definition) is 1. The van der Waals surface area contributed by atoms with Crippen LogP contribution in [0.1, 0.15) is 31.0 Å². The molecule has 1 N–H and O–H groups in total. The van der Waals surface area contributed by atoms with Crippen LogP contribution in [0.4, 0.5) is 0 Å². The van der Waals surface area contributed by atoms with Crippen molar-refractivity contribution in [1.82, 2.24) is 10.3 Å². The van der Waals surface area contributed by atoms with Gasteiger partial charge in [-0.3, -0.25) is 15.1 Å². The number of nitrogens with one attached hydrogen (secondary N) is 1. The van der Waals surface area contributed by atoms with E-state index in [0.717, 1.165) is 11.1 Å². The monoisotopic (exact) mass is 455 g/mol. The third kappa shape index (κ3) is 4.88. The maximum absolute atomic E-state index is 13.2. The number of pyridine rings is 1. The van der Waals surface area contributed by atoms with Crippen LogP contribution in [0.5, 0.6) is 0 Å². The van der Waals surface area contributed by atoms with Crippen LogP contribution in [-0.4, -0.2) is 22.5 Å². The van der Waals surface area contributed by atoms with Crippen LogP contribution < -0.4 is 5.32 Å². The van der Waals surface area contributed by atoms with Crippen molar-refractivity contribution >= 4 is 5.97 Å². The molecule has 0 saturated heterocycles. The highest BCUT2D eigenvalue weighted by Gasteiger charge is 2.41. The first kappa shape index (κ1) is 22.9. The fraction of sp³-hybridized carbons (Fsp3) is 0.185. The summed E-state index contributed by atoms with van der Waals surface area (Å²) >= 11 is 0. The highest BCUT2D eigenvalue weighted by atomic mass is 16.6. The number of allylic oxidation sites excluding steroid dienone is 3. The predicted octanol–water partition coefficient (Wildman–Crippen LogP) is 5.00. The molecule has 1 atom stereocenters. The summed E-state index contributed by atoms with van der Waals surface area (Å²) in [4.78, 5) is 29.6. The molecule has 0 bridgehead atoms. The minimum Gasteiger partial charge on any atom is -0.462 e. The molecule has 0 aliphatic carbocycles. The number of nitrogens with zero attached hydrogens (tertiary/aromatic N) is 2. The second-order valence-corrected chi connectivity index (χ2v) is 8.05. The molecule has 1 aliphatic heterocycles. The number of nitro groups is 1. The van der Waals surface area contributed by atoms with E-state index in [2.05, 4.69) is 5.32 Å². The fourth-order valence-corrected chi connectivity index (χ4v) is 4.15. The van der Waals surface area contributed by atoms with E-state index in [1.165, 1.54) is 0 Å². The fourth-order valence-electron chi connectivity index (χ4n) is 4.15. The Labute approximate surface area is 198 Å². The van der Waals surface area contributed by atoms with E-state index < -0.39 is 16.8 Å². The molecule has 4 rings (SSSR count). The zero-order valence-corrected chi connectivity index (χ0v) is 19.0. The molecule has 7 nitrogen and oxygen atoms in total. The van der Waals surface area contributed by atoms with Gasteiger partial charge in [0, 0.05) is 17.7 Å². The van der Waals surface area contributed by atoms with Crippen molar-refractivity contribution in [2.75, 3.05) is 6.61 Å². The van der Waals surface area contributed by atoms with Crippen LogP contribution >= 0.6 is 0 Å². The first-order valence-corrected chi connectivity index (χ1v) is 11.0. The molecule has 3 aromatic rings. The van der Waals surface area contributed by atoms with E-state index in [-0.39, 0.29) is 17.9 Å². The molecule has 0 spiro atoms. The molecule has 1 aliphatic rings. The third-order valence-corrected chi connectivity index (χ3v) is 5.74. The smallest absolute Gasteiger partial charge is 0.337 e. The number of dihydropyridines is 1. The highest BCUT2D eigenvalue weighted by Crippen LogP contribution is 2.38. The van der Waals surface area contributed by atoms with E-state index in [4.69, 9.17) is 9.72 Å². The van der Waals surface area contributed by atoms with Crippen LogP contribution in [0, 0.1) is 10.1 Å². The highest BCUT2D eigenvalue weighted by molar-refractivity contribution is 5.92. The molecule has 34 heavy (non-hydrogen) atoms. The Morgan fingerprint density at radius 2 is 1.65 bits per heavy atom. The normalized spacial score (nSPS) is 15.6.